The molecule has 0 atom stereocenters. The first-order valence-corrected chi connectivity index (χ1v) is 6.68. The van der Waals surface area contributed by atoms with Gasteiger partial charge in [0.2, 0.25) is 0 Å². The van der Waals surface area contributed by atoms with Crippen molar-refractivity contribution in [1.82, 2.24) is 4.98 Å². The maximum absolute atomic E-state index is 4.58. The van der Waals surface area contributed by atoms with Gasteiger partial charge in [0, 0.05) is 10.8 Å². The zero-order valence-corrected chi connectivity index (χ0v) is 11.6. The molecule has 1 nitrogen and oxygen atoms in total. The summed E-state index contributed by atoms with van der Waals surface area (Å²) in [5.74, 6) is 0. The Hall–Kier alpha value is -1.89. The molecule has 2 aromatic carbocycles. The Morgan fingerprint density at radius 2 is 1.00 bits per heavy atom. The second-order valence-electron chi connectivity index (χ2n) is 3.37. The Balaban J connectivity index is 0.000000371. The molecule has 0 amide bonds. The van der Waals surface area contributed by atoms with Gasteiger partial charge in [-0.2, -0.15) is 0 Å². The summed E-state index contributed by atoms with van der Waals surface area (Å²) in [5.41, 5.74) is 2.12. The van der Waals surface area contributed by atoms with Crippen molar-refractivity contribution in [3.05, 3.63) is 54.6 Å². The molecule has 0 radical (unpaired) electrons. The molecular formula is C17H21N. The van der Waals surface area contributed by atoms with E-state index in [1.54, 1.807) is 0 Å². The largest absolute Gasteiger partial charge is 0.248 e. The Bertz CT molecular complexity index is 494. The molecule has 0 fully saturated rings. The smallest absolute Gasteiger partial charge is 0.0709 e. The summed E-state index contributed by atoms with van der Waals surface area (Å²) >= 11 is 0. The van der Waals surface area contributed by atoms with Crippen LogP contribution in [0.4, 0.5) is 0 Å². The van der Waals surface area contributed by atoms with Gasteiger partial charge in [-0.05, 0) is 18.2 Å². The second kappa shape index (κ2) is 7.44. The van der Waals surface area contributed by atoms with Crippen LogP contribution < -0.4 is 0 Å². The van der Waals surface area contributed by atoms with E-state index in [-0.39, 0.29) is 0 Å². The number of rotatable bonds is 0. The van der Waals surface area contributed by atoms with Gasteiger partial charge in [-0.25, -0.2) is 4.98 Å². The molecule has 0 aliphatic heterocycles. The molecule has 94 valence electrons. The quantitative estimate of drug-likeness (QED) is 0.476. The van der Waals surface area contributed by atoms with Crippen molar-refractivity contribution in [2.45, 2.75) is 27.7 Å². The molecule has 3 aromatic rings. The number of aromatic nitrogens is 1. The zero-order valence-electron chi connectivity index (χ0n) is 11.6. The van der Waals surface area contributed by atoms with Crippen LogP contribution in [-0.4, -0.2) is 4.98 Å². The molecule has 1 heterocycles. The van der Waals surface area contributed by atoms with E-state index in [0.717, 1.165) is 11.0 Å². The monoisotopic (exact) mass is 239 g/mol. The molecule has 0 saturated heterocycles. The van der Waals surface area contributed by atoms with Gasteiger partial charge in [0.1, 0.15) is 0 Å². The zero-order chi connectivity index (χ0) is 13.4. The van der Waals surface area contributed by atoms with E-state index in [2.05, 4.69) is 23.2 Å². The van der Waals surface area contributed by atoms with Crippen LogP contribution >= 0.6 is 0 Å². The minimum absolute atomic E-state index is 1.06. The number of hydrogen-bond acceptors (Lipinski definition) is 1. The highest BCUT2D eigenvalue weighted by Crippen LogP contribution is 2.18. The maximum atomic E-state index is 4.58. The van der Waals surface area contributed by atoms with Gasteiger partial charge in [0.15, 0.2) is 0 Å². The van der Waals surface area contributed by atoms with Crippen molar-refractivity contribution >= 4 is 21.8 Å². The fourth-order valence-corrected chi connectivity index (χ4v) is 1.72. The number of para-hydroxylation sites is 2. The van der Waals surface area contributed by atoms with Crippen molar-refractivity contribution in [1.29, 1.82) is 0 Å². The van der Waals surface area contributed by atoms with Crippen LogP contribution in [-0.2, 0) is 0 Å². The third-order valence-corrected chi connectivity index (χ3v) is 2.43. The summed E-state index contributed by atoms with van der Waals surface area (Å²) in [6.45, 7) is 8.00. The molecule has 1 aromatic heterocycles. The lowest BCUT2D eigenvalue weighted by molar-refractivity contribution is 1.50. The van der Waals surface area contributed by atoms with Gasteiger partial charge in [-0.3, -0.25) is 0 Å². The second-order valence-corrected chi connectivity index (χ2v) is 3.37. The average Bonchev–Trinajstić information content (AvgIpc) is 2.49. The number of hydrogen-bond donors (Lipinski definition) is 0. The fraction of sp³-hybridized carbons (Fsp3) is 0.235. The van der Waals surface area contributed by atoms with Crippen LogP contribution in [0.1, 0.15) is 27.7 Å². The third-order valence-electron chi connectivity index (χ3n) is 2.43. The third kappa shape index (κ3) is 3.07. The molecule has 0 aliphatic carbocycles. The molecule has 3 rings (SSSR count). The molecule has 0 N–H and O–H groups in total. The van der Waals surface area contributed by atoms with E-state index in [1.807, 2.05) is 64.1 Å². The van der Waals surface area contributed by atoms with Gasteiger partial charge in [-0.15, -0.1) is 0 Å². The van der Waals surface area contributed by atoms with E-state index >= 15 is 0 Å². The van der Waals surface area contributed by atoms with Crippen molar-refractivity contribution in [2.75, 3.05) is 0 Å². The SMILES string of the molecule is CC.CC.c1ccc2nc3ccccc3cc2c1. The molecular weight excluding hydrogens is 218 g/mol. The molecule has 1 heteroatoms. The molecule has 18 heavy (non-hydrogen) atoms. The minimum atomic E-state index is 1.06. The lowest BCUT2D eigenvalue weighted by Gasteiger charge is -1.99. The lowest BCUT2D eigenvalue weighted by Crippen LogP contribution is -1.80. The minimum Gasteiger partial charge on any atom is -0.248 e. The van der Waals surface area contributed by atoms with E-state index in [0.29, 0.717) is 0 Å². The molecule has 0 spiro atoms. The van der Waals surface area contributed by atoms with E-state index in [9.17, 15) is 0 Å². The van der Waals surface area contributed by atoms with Gasteiger partial charge >= 0.3 is 0 Å². The van der Waals surface area contributed by atoms with Crippen molar-refractivity contribution in [3.8, 4) is 0 Å². The van der Waals surface area contributed by atoms with Crippen molar-refractivity contribution in [3.63, 3.8) is 0 Å². The normalized spacial score (nSPS) is 9.11. The number of pyridine rings is 1. The van der Waals surface area contributed by atoms with Crippen LogP contribution in [0.5, 0.6) is 0 Å². The van der Waals surface area contributed by atoms with Crippen molar-refractivity contribution < 1.29 is 0 Å². The van der Waals surface area contributed by atoms with Crippen LogP contribution in [0.25, 0.3) is 21.8 Å². The summed E-state index contributed by atoms with van der Waals surface area (Å²) in [6.07, 6.45) is 0. The first-order valence-electron chi connectivity index (χ1n) is 6.68. The highest BCUT2D eigenvalue weighted by molar-refractivity contribution is 5.92. The summed E-state index contributed by atoms with van der Waals surface area (Å²) in [4.78, 5) is 4.58. The summed E-state index contributed by atoms with van der Waals surface area (Å²) < 4.78 is 0. The number of nitrogens with zero attached hydrogens (tertiary/aromatic N) is 1. The Labute approximate surface area is 109 Å². The van der Waals surface area contributed by atoms with E-state index in [4.69, 9.17) is 0 Å². The van der Waals surface area contributed by atoms with Crippen molar-refractivity contribution in [2.24, 2.45) is 0 Å². The van der Waals surface area contributed by atoms with Gasteiger partial charge in [0.25, 0.3) is 0 Å². The Morgan fingerprint density at radius 3 is 1.44 bits per heavy atom. The maximum Gasteiger partial charge on any atom is 0.0709 e. The summed E-state index contributed by atoms with van der Waals surface area (Å²) in [5, 5.41) is 2.40. The first-order chi connectivity index (χ1) is 8.93. The van der Waals surface area contributed by atoms with E-state index in [1.165, 1.54) is 10.8 Å². The standard InChI is InChI=1S/C13H9N.2C2H6/c1-3-7-12-10(5-1)9-11-6-2-4-8-13(11)14-12;2*1-2/h1-9H;2*1-2H3. The average molecular weight is 239 g/mol. The number of fused-ring (bicyclic) bond motifs is 2. The van der Waals surface area contributed by atoms with Crippen LogP contribution in [0.15, 0.2) is 54.6 Å². The molecule has 0 unspecified atom stereocenters. The van der Waals surface area contributed by atoms with Crippen LogP contribution in [0.3, 0.4) is 0 Å². The predicted octanol–water partition coefficient (Wildman–Crippen LogP) is 5.44. The van der Waals surface area contributed by atoms with Crippen LogP contribution in [0.2, 0.25) is 0 Å². The molecule has 0 bridgehead atoms. The predicted molar refractivity (Wildman–Crippen MR) is 81.9 cm³/mol. The fourth-order valence-electron chi connectivity index (χ4n) is 1.72. The van der Waals surface area contributed by atoms with Gasteiger partial charge in [0.05, 0.1) is 11.0 Å². The first kappa shape index (κ1) is 14.2. The molecule has 0 aliphatic rings. The van der Waals surface area contributed by atoms with Crippen LogP contribution in [0, 0.1) is 0 Å². The van der Waals surface area contributed by atoms with Gasteiger partial charge in [-0.1, -0.05) is 64.1 Å². The summed E-state index contributed by atoms with van der Waals surface area (Å²) in [6, 6.07) is 18.6. The topological polar surface area (TPSA) is 12.9 Å². The Morgan fingerprint density at radius 1 is 0.611 bits per heavy atom. The lowest BCUT2D eigenvalue weighted by atomic mass is 10.1. The van der Waals surface area contributed by atoms with Gasteiger partial charge < -0.3 is 0 Å². The Kier molecular flexibility index (Phi) is 5.86. The highest BCUT2D eigenvalue weighted by atomic mass is 14.7. The number of benzene rings is 2. The summed E-state index contributed by atoms with van der Waals surface area (Å²) in [7, 11) is 0. The molecule has 0 saturated carbocycles. The van der Waals surface area contributed by atoms with E-state index < -0.39 is 0 Å². The highest BCUT2D eigenvalue weighted by Gasteiger charge is 1.96.